The Bertz CT molecular complexity index is 1110. The molecule has 0 saturated carbocycles. The molecule has 1 saturated heterocycles. The highest BCUT2D eigenvalue weighted by Gasteiger charge is 2.29. The Morgan fingerprint density at radius 3 is 2.50 bits per heavy atom. The van der Waals surface area contributed by atoms with Crippen molar-refractivity contribution in [1.29, 1.82) is 0 Å². The normalized spacial score (nSPS) is 16.8. The molecule has 0 radical (unpaired) electrons. The van der Waals surface area contributed by atoms with Crippen LogP contribution >= 0.6 is 0 Å². The van der Waals surface area contributed by atoms with Gasteiger partial charge in [-0.3, -0.25) is 4.55 Å². The molecule has 2 N–H and O–H groups in total. The lowest BCUT2D eigenvalue weighted by atomic mass is 10.1. The summed E-state index contributed by atoms with van der Waals surface area (Å²) < 4.78 is 27.8. The molecule has 1 unspecified atom stereocenters. The van der Waals surface area contributed by atoms with Crippen LogP contribution in [0.15, 0.2) is 42.7 Å². The largest absolute Gasteiger partial charge is 0.378 e. The second-order valence-electron chi connectivity index (χ2n) is 7.57. The third kappa shape index (κ3) is 4.46. The number of rotatable bonds is 6. The summed E-state index contributed by atoms with van der Waals surface area (Å²) in [6.07, 6.45) is 3.49. The number of benzene rings is 1. The van der Waals surface area contributed by atoms with Crippen molar-refractivity contribution in [2.24, 2.45) is 0 Å². The summed E-state index contributed by atoms with van der Waals surface area (Å²) in [5.41, 5.74) is 3.88. The number of nitrogens with one attached hydrogen (secondary N) is 1. The molecule has 1 aromatic carbocycles. The third-order valence-electron chi connectivity index (χ3n) is 5.52. The molecule has 2 aliphatic heterocycles. The second kappa shape index (κ2) is 9.25. The van der Waals surface area contributed by atoms with E-state index in [1.807, 2.05) is 24.3 Å². The summed E-state index contributed by atoms with van der Waals surface area (Å²) in [6.45, 7) is 4.51. The standard InChI is InChI=1S/C21H23N7O3S/c29-32(30)24-12-15-2-4-16(5-3-15)19-25-18-14-28(21-22-6-1-7-23-21)13-17(18)20(26-19)27-8-10-31-11-9-27/h1-7,24H,8-14H2,(H,29,30). The topological polar surface area (TPSA) is 117 Å². The van der Waals surface area contributed by atoms with Gasteiger partial charge < -0.3 is 14.5 Å². The smallest absolute Gasteiger partial charge is 0.232 e. The van der Waals surface area contributed by atoms with E-state index >= 15 is 0 Å². The number of fused-ring (bicyclic) bond motifs is 1. The average molecular weight is 454 g/mol. The molecule has 5 rings (SSSR count). The molecular weight excluding hydrogens is 430 g/mol. The van der Waals surface area contributed by atoms with Gasteiger partial charge in [0.05, 0.1) is 32.0 Å². The first-order valence-electron chi connectivity index (χ1n) is 10.4. The van der Waals surface area contributed by atoms with Gasteiger partial charge in [-0.25, -0.2) is 28.9 Å². The van der Waals surface area contributed by atoms with Crippen LogP contribution in [-0.2, 0) is 35.6 Å². The first-order chi connectivity index (χ1) is 15.7. The molecule has 4 heterocycles. The maximum absolute atomic E-state index is 10.8. The Kier molecular flexibility index (Phi) is 6.04. The van der Waals surface area contributed by atoms with Crippen LogP contribution in [0.1, 0.15) is 16.8 Å². The number of ether oxygens (including phenoxy) is 1. The highest BCUT2D eigenvalue weighted by molar-refractivity contribution is 7.77. The molecule has 0 bridgehead atoms. The van der Waals surface area contributed by atoms with Gasteiger partial charge in [0.25, 0.3) is 0 Å². The van der Waals surface area contributed by atoms with Crippen molar-refractivity contribution in [1.82, 2.24) is 24.7 Å². The number of morpholine rings is 1. The Hall–Kier alpha value is -2.99. The molecular formula is C21H23N7O3S. The molecule has 3 aromatic rings. The van der Waals surface area contributed by atoms with E-state index in [1.54, 1.807) is 18.5 Å². The Balaban J connectivity index is 1.48. The third-order valence-corrected chi connectivity index (χ3v) is 5.91. The molecule has 0 amide bonds. The predicted molar refractivity (Wildman–Crippen MR) is 120 cm³/mol. The SMILES string of the molecule is O=S(O)NCc1ccc(-c2nc3c(c(N4CCOCC4)n2)CN(c2ncccn2)C3)cc1. The van der Waals surface area contributed by atoms with Gasteiger partial charge in [0.1, 0.15) is 5.82 Å². The predicted octanol–water partition coefficient (Wildman–Crippen LogP) is 1.52. The maximum atomic E-state index is 10.8. The molecule has 1 fully saturated rings. The van der Waals surface area contributed by atoms with Crippen LogP contribution in [0.3, 0.4) is 0 Å². The van der Waals surface area contributed by atoms with Crippen LogP contribution < -0.4 is 14.5 Å². The van der Waals surface area contributed by atoms with E-state index in [9.17, 15) is 4.21 Å². The summed E-state index contributed by atoms with van der Waals surface area (Å²) in [5.74, 6) is 2.28. The zero-order chi connectivity index (χ0) is 21.9. The van der Waals surface area contributed by atoms with Crippen molar-refractivity contribution < 1.29 is 13.5 Å². The van der Waals surface area contributed by atoms with Crippen LogP contribution in [0.2, 0.25) is 0 Å². The fourth-order valence-corrected chi connectivity index (χ4v) is 4.21. The minimum Gasteiger partial charge on any atom is -0.378 e. The van der Waals surface area contributed by atoms with Crippen molar-refractivity contribution >= 4 is 23.0 Å². The summed E-state index contributed by atoms with van der Waals surface area (Å²) in [7, 11) is 0. The lowest BCUT2D eigenvalue weighted by Crippen LogP contribution is -2.37. The van der Waals surface area contributed by atoms with E-state index in [4.69, 9.17) is 19.3 Å². The van der Waals surface area contributed by atoms with E-state index < -0.39 is 11.3 Å². The molecule has 32 heavy (non-hydrogen) atoms. The zero-order valence-corrected chi connectivity index (χ0v) is 18.2. The van der Waals surface area contributed by atoms with Crippen molar-refractivity contribution in [2.45, 2.75) is 19.6 Å². The molecule has 2 aliphatic rings. The number of hydrogen-bond acceptors (Lipinski definition) is 8. The van der Waals surface area contributed by atoms with E-state index in [-0.39, 0.29) is 0 Å². The minimum absolute atomic E-state index is 0.305. The van der Waals surface area contributed by atoms with Gasteiger partial charge in [0, 0.05) is 43.2 Å². The Morgan fingerprint density at radius 2 is 1.78 bits per heavy atom. The molecule has 1 atom stereocenters. The molecule has 0 spiro atoms. The van der Waals surface area contributed by atoms with Gasteiger partial charge in [-0.2, -0.15) is 0 Å². The van der Waals surface area contributed by atoms with E-state index in [1.165, 1.54) is 0 Å². The highest BCUT2D eigenvalue weighted by Crippen LogP contribution is 2.33. The van der Waals surface area contributed by atoms with Crippen molar-refractivity contribution in [3.63, 3.8) is 0 Å². The molecule has 166 valence electrons. The summed E-state index contributed by atoms with van der Waals surface area (Å²) in [6, 6.07) is 9.50. The van der Waals surface area contributed by atoms with Gasteiger partial charge >= 0.3 is 0 Å². The minimum atomic E-state index is -2.04. The van der Waals surface area contributed by atoms with E-state index in [0.717, 1.165) is 41.3 Å². The summed E-state index contributed by atoms with van der Waals surface area (Å²) in [5, 5.41) is 0. The first kappa shape index (κ1) is 20.9. The quantitative estimate of drug-likeness (QED) is 0.536. The van der Waals surface area contributed by atoms with Gasteiger partial charge in [-0.15, -0.1) is 0 Å². The van der Waals surface area contributed by atoms with Crippen molar-refractivity contribution in [3.05, 3.63) is 59.5 Å². The van der Waals surface area contributed by atoms with E-state index in [0.29, 0.717) is 44.6 Å². The average Bonchev–Trinajstić information content (AvgIpc) is 3.28. The zero-order valence-electron chi connectivity index (χ0n) is 17.3. The Morgan fingerprint density at radius 1 is 1.03 bits per heavy atom. The lowest BCUT2D eigenvalue weighted by molar-refractivity contribution is 0.122. The molecule has 2 aromatic heterocycles. The van der Waals surface area contributed by atoms with Crippen LogP contribution in [0.5, 0.6) is 0 Å². The highest BCUT2D eigenvalue weighted by atomic mass is 32.2. The lowest BCUT2D eigenvalue weighted by Gasteiger charge is -2.29. The molecule has 11 heteroatoms. The maximum Gasteiger partial charge on any atom is 0.232 e. The van der Waals surface area contributed by atoms with Crippen LogP contribution in [-0.4, -0.2) is 55.0 Å². The number of hydrogen-bond donors (Lipinski definition) is 2. The van der Waals surface area contributed by atoms with Crippen molar-refractivity contribution in [2.75, 3.05) is 36.1 Å². The van der Waals surface area contributed by atoms with E-state index in [2.05, 4.69) is 24.5 Å². The van der Waals surface area contributed by atoms with Crippen LogP contribution in [0.4, 0.5) is 11.8 Å². The summed E-state index contributed by atoms with van der Waals surface area (Å²) in [4.78, 5) is 23.0. The van der Waals surface area contributed by atoms with Gasteiger partial charge in [0.15, 0.2) is 5.82 Å². The van der Waals surface area contributed by atoms with Gasteiger partial charge in [-0.1, -0.05) is 24.3 Å². The van der Waals surface area contributed by atoms with Crippen LogP contribution in [0, 0.1) is 0 Å². The van der Waals surface area contributed by atoms with Crippen molar-refractivity contribution in [3.8, 4) is 11.4 Å². The summed E-state index contributed by atoms with van der Waals surface area (Å²) >= 11 is -2.04. The molecule has 0 aliphatic carbocycles. The molecule has 10 nitrogen and oxygen atoms in total. The first-order valence-corrected chi connectivity index (χ1v) is 11.5. The monoisotopic (exact) mass is 453 g/mol. The Labute approximate surface area is 188 Å². The fraction of sp³-hybridized carbons (Fsp3) is 0.333. The van der Waals surface area contributed by atoms with Gasteiger partial charge in [0.2, 0.25) is 17.2 Å². The number of aromatic nitrogens is 4. The fourth-order valence-electron chi connectivity index (χ4n) is 3.92. The van der Waals surface area contributed by atoms with Gasteiger partial charge in [-0.05, 0) is 11.6 Å². The number of nitrogens with zero attached hydrogens (tertiary/aromatic N) is 6. The number of anilines is 2. The second-order valence-corrected chi connectivity index (χ2v) is 8.35. The van der Waals surface area contributed by atoms with Crippen LogP contribution in [0.25, 0.3) is 11.4 Å².